The predicted octanol–water partition coefficient (Wildman–Crippen LogP) is 2.94. The van der Waals surface area contributed by atoms with E-state index < -0.39 is 0 Å². The first-order valence-corrected chi connectivity index (χ1v) is 9.99. The van der Waals surface area contributed by atoms with E-state index in [1.165, 1.54) is 18.9 Å². The molecule has 1 aromatic carbocycles. The summed E-state index contributed by atoms with van der Waals surface area (Å²) in [5.41, 5.74) is 2.96. The molecule has 0 atom stereocenters. The van der Waals surface area contributed by atoms with Crippen LogP contribution in [0.25, 0.3) is 10.9 Å². The Balaban J connectivity index is 1.85. The number of nitrogens with zero attached hydrogens (tertiary/aromatic N) is 2. The van der Waals surface area contributed by atoms with Crippen molar-refractivity contribution in [2.75, 3.05) is 19.6 Å². The zero-order valence-corrected chi connectivity index (χ0v) is 16.5. The molecule has 1 fully saturated rings. The summed E-state index contributed by atoms with van der Waals surface area (Å²) in [4.78, 5) is 31.5. The molecule has 28 heavy (non-hydrogen) atoms. The average Bonchev–Trinajstić information content (AvgIpc) is 3.15. The van der Waals surface area contributed by atoms with Crippen molar-refractivity contribution in [3.05, 3.63) is 50.7 Å². The fourth-order valence-corrected chi connectivity index (χ4v) is 3.94. The highest BCUT2D eigenvalue weighted by molar-refractivity contribution is 7.09. The Morgan fingerprint density at radius 1 is 1.29 bits per heavy atom. The Kier molecular flexibility index (Phi) is 5.04. The summed E-state index contributed by atoms with van der Waals surface area (Å²) in [5, 5.41) is 2.33. The van der Waals surface area contributed by atoms with Crippen molar-refractivity contribution < 1.29 is 14.3 Å². The van der Waals surface area contributed by atoms with Crippen molar-refractivity contribution in [3.8, 4) is 11.5 Å². The van der Waals surface area contributed by atoms with Crippen LogP contribution in [0.5, 0.6) is 11.5 Å². The molecule has 1 aliphatic rings. The number of thiophene rings is 1. The molecular weight excluding hydrogens is 378 g/mol. The summed E-state index contributed by atoms with van der Waals surface area (Å²) < 4.78 is 11.9. The second kappa shape index (κ2) is 7.63. The maximum atomic E-state index is 13.2. The maximum absolute atomic E-state index is 13.2. The molecule has 0 unspecified atom stereocenters. The van der Waals surface area contributed by atoms with E-state index in [-0.39, 0.29) is 17.4 Å². The van der Waals surface area contributed by atoms with Gasteiger partial charge in [0.05, 0.1) is 25.1 Å². The van der Waals surface area contributed by atoms with Crippen molar-refractivity contribution in [2.45, 2.75) is 25.7 Å². The number of amides is 1. The molecule has 0 aliphatic heterocycles. The molecule has 0 spiro atoms. The number of carbonyl (C=O) groups is 1. The average molecular weight is 399 g/mol. The van der Waals surface area contributed by atoms with E-state index in [4.69, 9.17) is 9.47 Å². The number of methoxy groups -OCH3 is 2. The zero-order valence-electron chi connectivity index (χ0n) is 15.7. The first-order chi connectivity index (χ1) is 13.6. The van der Waals surface area contributed by atoms with Crippen LogP contribution in [0, 0.1) is 5.92 Å². The third-order valence-electron chi connectivity index (χ3n) is 5.05. The number of fused-ring (bicyclic) bond motifs is 1. The molecule has 4 rings (SSSR count). The van der Waals surface area contributed by atoms with Crippen LogP contribution in [0.3, 0.4) is 0 Å². The van der Waals surface area contributed by atoms with Gasteiger partial charge in [0, 0.05) is 23.3 Å². The lowest BCUT2D eigenvalue weighted by atomic mass is 9.85. The number of benzene rings is 1. The third-order valence-corrected chi connectivity index (χ3v) is 5.93. The van der Waals surface area contributed by atoms with Crippen molar-refractivity contribution >= 4 is 28.1 Å². The van der Waals surface area contributed by atoms with Crippen molar-refractivity contribution in [1.29, 1.82) is 0 Å². The topological polar surface area (TPSA) is 82.5 Å². The van der Waals surface area contributed by atoms with Crippen LogP contribution in [-0.2, 0) is 11.2 Å². The molecule has 3 aromatic rings. The Hall–Kier alpha value is -2.87. The summed E-state index contributed by atoms with van der Waals surface area (Å²) >= 11 is 1.58. The fourth-order valence-electron chi connectivity index (χ4n) is 3.23. The van der Waals surface area contributed by atoms with E-state index >= 15 is 0 Å². The van der Waals surface area contributed by atoms with Crippen LogP contribution >= 0.6 is 11.3 Å². The molecule has 146 valence electrons. The number of carbonyl (C=O) groups excluding carboxylic acids is 1. The number of aromatic nitrogens is 2. The number of nitrogens with one attached hydrogen (secondary N) is 1. The van der Waals surface area contributed by atoms with Gasteiger partial charge in [0.25, 0.3) is 5.56 Å². The first kappa shape index (κ1) is 18.5. The molecule has 0 radical (unpaired) electrons. The third kappa shape index (κ3) is 3.35. The van der Waals surface area contributed by atoms with Gasteiger partial charge < -0.3 is 9.47 Å². The zero-order chi connectivity index (χ0) is 19.7. The number of hydrogen-bond acceptors (Lipinski definition) is 6. The highest BCUT2D eigenvalue weighted by Crippen LogP contribution is 2.30. The summed E-state index contributed by atoms with van der Waals surface area (Å²) in [6, 6.07) is 7.22. The number of ether oxygens (including phenoxy) is 2. The minimum absolute atomic E-state index is 0.0393. The number of rotatable bonds is 6. The van der Waals surface area contributed by atoms with Gasteiger partial charge in [-0.25, -0.2) is 9.66 Å². The molecule has 0 saturated heterocycles. The van der Waals surface area contributed by atoms with Gasteiger partial charge in [-0.15, -0.1) is 11.3 Å². The Morgan fingerprint density at radius 2 is 2.04 bits per heavy atom. The molecule has 2 heterocycles. The molecular formula is C20H21N3O4S. The summed E-state index contributed by atoms with van der Waals surface area (Å²) in [6.45, 7) is 0. The SMILES string of the molecule is COc1cc2nc(Cc3cccs3)n(NC(=O)C3CCC3)c(=O)c2cc1OC. The number of hydrogen-bond donors (Lipinski definition) is 1. The lowest BCUT2D eigenvalue weighted by molar-refractivity contribution is -0.123. The van der Waals surface area contributed by atoms with Gasteiger partial charge in [0.2, 0.25) is 5.91 Å². The Labute approximate surface area is 165 Å². The fraction of sp³-hybridized carbons (Fsp3) is 0.350. The second-order valence-electron chi connectivity index (χ2n) is 6.75. The molecule has 1 N–H and O–H groups in total. The molecule has 1 saturated carbocycles. The van der Waals surface area contributed by atoms with Crippen LogP contribution in [0.15, 0.2) is 34.4 Å². The normalized spacial score (nSPS) is 13.9. The van der Waals surface area contributed by atoms with E-state index in [0.717, 1.165) is 24.1 Å². The largest absolute Gasteiger partial charge is 0.493 e. The molecule has 2 aromatic heterocycles. The molecule has 1 amide bonds. The lowest BCUT2D eigenvalue weighted by Crippen LogP contribution is -2.40. The van der Waals surface area contributed by atoms with Gasteiger partial charge >= 0.3 is 0 Å². The van der Waals surface area contributed by atoms with E-state index in [2.05, 4.69) is 10.4 Å². The van der Waals surface area contributed by atoms with E-state index in [9.17, 15) is 9.59 Å². The molecule has 0 bridgehead atoms. The van der Waals surface area contributed by atoms with Gasteiger partial charge in [-0.05, 0) is 30.4 Å². The smallest absolute Gasteiger partial charge is 0.280 e. The van der Waals surface area contributed by atoms with Gasteiger partial charge in [0.15, 0.2) is 11.5 Å². The van der Waals surface area contributed by atoms with Crippen LogP contribution in [0.4, 0.5) is 0 Å². The second-order valence-corrected chi connectivity index (χ2v) is 7.79. The van der Waals surface area contributed by atoms with Crippen LogP contribution < -0.4 is 20.5 Å². The highest BCUT2D eigenvalue weighted by Gasteiger charge is 2.27. The van der Waals surface area contributed by atoms with Crippen LogP contribution in [0.2, 0.25) is 0 Å². The predicted molar refractivity (Wildman–Crippen MR) is 108 cm³/mol. The Morgan fingerprint density at radius 3 is 2.64 bits per heavy atom. The molecule has 7 nitrogen and oxygen atoms in total. The van der Waals surface area contributed by atoms with Crippen molar-refractivity contribution in [3.63, 3.8) is 0 Å². The van der Waals surface area contributed by atoms with E-state index in [0.29, 0.717) is 34.6 Å². The first-order valence-electron chi connectivity index (χ1n) is 9.11. The summed E-state index contributed by atoms with van der Waals surface area (Å²) in [6.07, 6.45) is 3.20. The minimum atomic E-state index is -0.329. The van der Waals surface area contributed by atoms with Crippen molar-refractivity contribution in [1.82, 2.24) is 9.66 Å². The molecule has 1 aliphatic carbocycles. The quantitative estimate of drug-likeness (QED) is 0.689. The summed E-state index contributed by atoms with van der Waals surface area (Å²) in [5.74, 6) is 1.25. The maximum Gasteiger partial charge on any atom is 0.280 e. The minimum Gasteiger partial charge on any atom is -0.493 e. The van der Waals surface area contributed by atoms with Gasteiger partial charge in [0.1, 0.15) is 5.82 Å². The van der Waals surface area contributed by atoms with Crippen molar-refractivity contribution in [2.24, 2.45) is 5.92 Å². The van der Waals surface area contributed by atoms with Gasteiger partial charge in [-0.3, -0.25) is 15.0 Å². The highest BCUT2D eigenvalue weighted by atomic mass is 32.1. The summed E-state index contributed by atoms with van der Waals surface area (Å²) in [7, 11) is 3.05. The van der Waals surface area contributed by atoms with Crippen LogP contribution in [-0.4, -0.2) is 29.8 Å². The van der Waals surface area contributed by atoms with Gasteiger partial charge in [-0.1, -0.05) is 12.5 Å². The lowest BCUT2D eigenvalue weighted by Gasteiger charge is -2.25. The van der Waals surface area contributed by atoms with Crippen LogP contribution in [0.1, 0.15) is 30.0 Å². The molecule has 8 heteroatoms. The standard InChI is InChI=1S/C20H21N3O4S/c1-26-16-10-14-15(11-17(16)27-2)21-18(9-13-7-4-8-28-13)23(20(14)25)22-19(24)12-5-3-6-12/h4,7-8,10-12H,3,5-6,9H2,1-2H3,(H,22,24). The monoisotopic (exact) mass is 399 g/mol. The Bertz CT molecular complexity index is 1070. The van der Waals surface area contributed by atoms with Gasteiger partial charge in [-0.2, -0.15) is 0 Å². The van der Waals surface area contributed by atoms with E-state index in [1.807, 2.05) is 17.5 Å². The van der Waals surface area contributed by atoms with E-state index in [1.54, 1.807) is 23.5 Å².